The maximum atomic E-state index is 11.3. The van der Waals surface area contributed by atoms with E-state index in [9.17, 15) is 15.2 Å². The zero-order valence-electron chi connectivity index (χ0n) is 12.2. The molecule has 1 aliphatic rings. The van der Waals surface area contributed by atoms with Crippen LogP contribution < -0.4 is 4.90 Å². The van der Waals surface area contributed by atoms with E-state index in [0.29, 0.717) is 23.1 Å². The van der Waals surface area contributed by atoms with E-state index >= 15 is 0 Å². The van der Waals surface area contributed by atoms with Gasteiger partial charge in [0.25, 0.3) is 5.69 Å². The molecule has 1 aromatic rings. The first-order valence-electron chi connectivity index (χ1n) is 7.09. The summed E-state index contributed by atoms with van der Waals surface area (Å²) >= 11 is 0. The summed E-state index contributed by atoms with van der Waals surface area (Å²) in [5.41, 5.74) is 1.33. The van der Waals surface area contributed by atoms with Crippen LogP contribution >= 0.6 is 0 Å². The van der Waals surface area contributed by atoms with Crippen LogP contribution in [0.1, 0.15) is 38.9 Å². The molecule has 0 saturated carbocycles. The standard InChI is InChI=1S/C15H22N2O3/c1-10-6-11(2)9-16(8-10)14-5-4-13(12(3)18)7-15(14)17(19)20/h4-5,7,10-12,18H,6,8-9H2,1-3H3/t10?,11?,12-/m0/s1. The van der Waals surface area contributed by atoms with E-state index in [2.05, 4.69) is 18.7 Å². The van der Waals surface area contributed by atoms with Gasteiger partial charge in [-0.15, -0.1) is 0 Å². The average Bonchev–Trinajstić information content (AvgIpc) is 2.36. The Hall–Kier alpha value is -1.62. The maximum Gasteiger partial charge on any atom is 0.292 e. The number of nitrogens with zero attached hydrogens (tertiary/aromatic N) is 2. The summed E-state index contributed by atoms with van der Waals surface area (Å²) < 4.78 is 0. The lowest BCUT2D eigenvalue weighted by Gasteiger charge is -2.36. The highest BCUT2D eigenvalue weighted by atomic mass is 16.6. The second kappa shape index (κ2) is 5.79. The first-order valence-corrected chi connectivity index (χ1v) is 7.09. The number of aliphatic hydroxyl groups excluding tert-OH is 1. The van der Waals surface area contributed by atoms with Gasteiger partial charge in [-0.3, -0.25) is 10.1 Å². The van der Waals surface area contributed by atoms with Gasteiger partial charge in [-0.25, -0.2) is 0 Å². The molecule has 1 N–H and O–H groups in total. The predicted octanol–water partition coefficient (Wildman–Crippen LogP) is 3.13. The second-order valence-corrected chi connectivity index (χ2v) is 6.03. The summed E-state index contributed by atoms with van der Waals surface area (Å²) in [6.45, 7) is 7.67. The van der Waals surface area contributed by atoms with E-state index in [4.69, 9.17) is 0 Å². The summed E-state index contributed by atoms with van der Waals surface area (Å²) in [7, 11) is 0. The molecular weight excluding hydrogens is 256 g/mol. The van der Waals surface area contributed by atoms with Crippen molar-refractivity contribution in [2.45, 2.75) is 33.3 Å². The molecule has 0 spiro atoms. The molecule has 20 heavy (non-hydrogen) atoms. The normalized spacial score (nSPS) is 24.5. The number of anilines is 1. The third-order valence-corrected chi connectivity index (χ3v) is 3.89. The van der Waals surface area contributed by atoms with Crippen molar-refractivity contribution in [1.29, 1.82) is 0 Å². The lowest BCUT2D eigenvalue weighted by Crippen LogP contribution is -2.39. The second-order valence-electron chi connectivity index (χ2n) is 6.03. The molecule has 0 radical (unpaired) electrons. The number of nitro benzene ring substituents is 1. The van der Waals surface area contributed by atoms with Crippen molar-refractivity contribution in [3.63, 3.8) is 0 Å². The van der Waals surface area contributed by atoms with Gasteiger partial charge in [0, 0.05) is 19.2 Å². The smallest absolute Gasteiger partial charge is 0.292 e. The van der Waals surface area contributed by atoms with Gasteiger partial charge in [0.05, 0.1) is 11.0 Å². The zero-order chi connectivity index (χ0) is 14.9. The number of aliphatic hydroxyl groups is 1. The quantitative estimate of drug-likeness (QED) is 0.681. The van der Waals surface area contributed by atoms with Gasteiger partial charge >= 0.3 is 0 Å². The van der Waals surface area contributed by atoms with Crippen LogP contribution in [0.4, 0.5) is 11.4 Å². The molecule has 0 bridgehead atoms. The van der Waals surface area contributed by atoms with Gasteiger partial charge in [-0.2, -0.15) is 0 Å². The Morgan fingerprint density at radius 1 is 1.35 bits per heavy atom. The number of piperidine rings is 1. The Morgan fingerprint density at radius 3 is 2.45 bits per heavy atom. The molecule has 0 aromatic heterocycles. The Bertz CT molecular complexity index is 492. The third kappa shape index (κ3) is 3.10. The van der Waals surface area contributed by atoms with E-state index in [-0.39, 0.29) is 10.6 Å². The SMILES string of the molecule is CC1CC(C)CN(c2ccc([C@H](C)O)cc2[N+](=O)[O-])C1. The molecule has 5 heteroatoms. The van der Waals surface area contributed by atoms with Crippen molar-refractivity contribution in [3.05, 3.63) is 33.9 Å². The molecule has 1 heterocycles. The molecule has 2 unspecified atom stereocenters. The third-order valence-electron chi connectivity index (χ3n) is 3.89. The topological polar surface area (TPSA) is 66.6 Å². The highest BCUT2D eigenvalue weighted by molar-refractivity contribution is 5.64. The molecule has 1 aliphatic heterocycles. The van der Waals surface area contributed by atoms with Crippen LogP contribution in [0.25, 0.3) is 0 Å². The van der Waals surface area contributed by atoms with Crippen LogP contribution in [0.15, 0.2) is 18.2 Å². The summed E-state index contributed by atoms with van der Waals surface area (Å²) in [5.74, 6) is 1.07. The number of hydrogen-bond acceptors (Lipinski definition) is 4. The van der Waals surface area contributed by atoms with E-state index in [1.807, 2.05) is 0 Å². The molecule has 110 valence electrons. The minimum absolute atomic E-state index is 0.0877. The van der Waals surface area contributed by atoms with Crippen LogP contribution in [0.2, 0.25) is 0 Å². The van der Waals surface area contributed by atoms with Gasteiger partial charge in [-0.05, 0) is 36.8 Å². The van der Waals surface area contributed by atoms with Crippen LogP contribution in [-0.4, -0.2) is 23.1 Å². The lowest BCUT2D eigenvalue weighted by molar-refractivity contribution is -0.384. The monoisotopic (exact) mass is 278 g/mol. The van der Waals surface area contributed by atoms with Crippen molar-refractivity contribution in [3.8, 4) is 0 Å². The Balaban J connectivity index is 2.37. The Morgan fingerprint density at radius 2 is 1.95 bits per heavy atom. The van der Waals surface area contributed by atoms with Crippen LogP contribution in [-0.2, 0) is 0 Å². The van der Waals surface area contributed by atoms with Crippen LogP contribution in [0.5, 0.6) is 0 Å². The van der Waals surface area contributed by atoms with Crippen molar-refractivity contribution in [2.75, 3.05) is 18.0 Å². The lowest BCUT2D eigenvalue weighted by atomic mass is 9.91. The van der Waals surface area contributed by atoms with Gasteiger partial charge in [0.2, 0.25) is 0 Å². The van der Waals surface area contributed by atoms with E-state index in [1.165, 1.54) is 6.07 Å². The molecule has 3 atom stereocenters. The Kier molecular flexibility index (Phi) is 4.28. The predicted molar refractivity (Wildman–Crippen MR) is 78.9 cm³/mol. The minimum Gasteiger partial charge on any atom is -0.389 e. The van der Waals surface area contributed by atoms with Gasteiger partial charge in [0.1, 0.15) is 5.69 Å². The molecule has 1 fully saturated rings. The summed E-state index contributed by atoms with van der Waals surface area (Å²) in [4.78, 5) is 13.0. The summed E-state index contributed by atoms with van der Waals surface area (Å²) in [6.07, 6.45) is 0.470. The zero-order valence-corrected chi connectivity index (χ0v) is 12.2. The molecule has 5 nitrogen and oxygen atoms in total. The Labute approximate surface area is 119 Å². The average molecular weight is 278 g/mol. The summed E-state index contributed by atoms with van der Waals surface area (Å²) in [5, 5.41) is 20.9. The molecule has 0 amide bonds. The number of benzene rings is 1. The van der Waals surface area contributed by atoms with Crippen LogP contribution in [0, 0.1) is 22.0 Å². The van der Waals surface area contributed by atoms with Gasteiger partial charge < -0.3 is 10.0 Å². The first kappa shape index (κ1) is 14.8. The van der Waals surface area contributed by atoms with E-state index < -0.39 is 6.10 Å². The molecule has 1 aromatic carbocycles. The largest absolute Gasteiger partial charge is 0.389 e. The fourth-order valence-corrected chi connectivity index (χ4v) is 3.07. The first-order chi connectivity index (χ1) is 9.38. The molecule has 2 rings (SSSR count). The number of hydrogen-bond donors (Lipinski definition) is 1. The highest BCUT2D eigenvalue weighted by Crippen LogP contribution is 2.34. The maximum absolute atomic E-state index is 11.3. The molecule has 0 aliphatic carbocycles. The van der Waals surface area contributed by atoms with Gasteiger partial charge in [-0.1, -0.05) is 19.9 Å². The van der Waals surface area contributed by atoms with Gasteiger partial charge in [0.15, 0.2) is 0 Å². The van der Waals surface area contributed by atoms with Crippen molar-refractivity contribution in [1.82, 2.24) is 0 Å². The fourth-order valence-electron chi connectivity index (χ4n) is 3.07. The number of rotatable bonds is 3. The minimum atomic E-state index is -0.693. The highest BCUT2D eigenvalue weighted by Gasteiger charge is 2.27. The van der Waals surface area contributed by atoms with Crippen molar-refractivity contribution < 1.29 is 10.0 Å². The van der Waals surface area contributed by atoms with Crippen molar-refractivity contribution in [2.24, 2.45) is 11.8 Å². The summed E-state index contributed by atoms with van der Waals surface area (Å²) in [6, 6.07) is 5.03. The van der Waals surface area contributed by atoms with E-state index in [1.54, 1.807) is 19.1 Å². The van der Waals surface area contributed by atoms with E-state index in [0.717, 1.165) is 19.5 Å². The number of nitro groups is 1. The fraction of sp³-hybridized carbons (Fsp3) is 0.600. The molecular formula is C15H22N2O3. The van der Waals surface area contributed by atoms with Crippen molar-refractivity contribution >= 4 is 11.4 Å². The molecule has 1 saturated heterocycles. The van der Waals surface area contributed by atoms with Crippen LogP contribution in [0.3, 0.4) is 0 Å².